The number of methoxy groups -OCH3 is 1. The van der Waals surface area contributed by atoms with Crippen molar-refractivity contribution in [2.24, 2.45) is 0 Å². The molecule has 0 N–H and O–H groups in total. The van der Waals surface area contributed by atoms with Crippen LogP contribution in [0.4, 0.5) is 0 Å². The van der Waals surface area contributed by atoms with Crippen molar-refractivity contribution in [2.75, 3.05) is 19.5 Å². The molecular weight excluding hydrogens is 184 g/mol. The fourth-order valence-electron chi connectivity index (χ4n) is 0.875. The van der Waals surface area contributed by atoms with E-state index in [9.17, 15) is 4.79 Å². The average molecular weight is 196 g/mol. The van der Waals surface area contributed by atoms with Crippen LogP contribution in [-0.4, -0.2) is 24.6 Å². The second-order valence-electron chi connectivity index (χ2n) is 2.49. The zero-order valence-electron chi connectivity index (χ0n) is 7.53. The molecule has 0 spiro atoms. The Bertz CT molecular complexity index is 259. The molecule has 0 aromatic heterocycles. The first-order valence-electron chi connectivity index (χ1n) is 4.05. The Morgan fingerprint density at radius 2 is 2.08 bits per heavy atom. The molecule has 70 valence electrons. The maximum absolute atomic E-state index is 11.4. The molecule has 1 aromatic carbocycles. The number of hydrogen-bond acceptors (Lipinski definition) is 3. The summed E-state index contributed by atoms with van der Waals surface area (Å²) in [5, 5.41) is 0.109. The van der Waals surface area contributed by atoms with Crippen molar-refractivity contribution >= 4 is 16.9 Å². The van der Waals surface area contributed by atoms with Gasteiger partial charge in [0.25, 0.3) is 0 Å². The second-order valence-corrected chi connectivity index (χ2v) is 3.56. The molecule has 0 heterocycles. The highest BCUT2D eigenvalue weighted by Gasteiger charge is 2.03. The van der Waals surface area contributed by atoms with Crippen LogP contribution in [0.5, 0.6) is 0 Å². The van der Waals surface area contributed by atoms with E-state index in [4.69, 9.17) is 4.74 Å². The van der Waals surface area contributed by atoms with Gasteiger partial charge in [-0.15, -0.1) is 0 Å². The van der Waals surface area contributed by atoms with Gasteiger partial charge in [0, 0.05) is 18.4 Å². The third-order valence-corrected chi connectivity index (χ3v) is 2.40. The van der Waals surface area contributed by atoms with Gasteiger partial charge in [0.15, 0.2) is 0 Å². The van der Waals surface area contributed by atoms with Gasteiger partial charge in [-0.05, 0) is 0 Å². The molecule has 0 amide bonds. The van der Waals surface area contributed by atoms with Crippen LogP contribution in [0.3, 0.4) is 0 Å². The average Bonchev–Trinajstić information content (AvgIpc) is 2.19. The molecule has 1 rings (SSSR count). The van der Waals surface area contributed by atoms with Crippen LogP contribution in [0, 0.1) is 0 Å². The molecule has 13 heavy (non-hydrogen) atoms. The molecule has 0 aliphatic rings. The lowest BCUT2D eigenvalue weighted by Gasteiger charge is -1.99. The molecule has 0 radical (unpaired) electrons. The first-order chi connectivity index (χ1) is 6.34. The van der Waals surface area contributed by atoms with Gasteiger partial charge in [-0.2, -0.15) is 0 Å². The predicted molar refractivity (Wildman–Crippen MR) is 55.1 cm³/mol. The lowest BCUT2D eigenvalue weighted by Crippen LogP contribution is -1.98. The summed E-state index contributed by atoms with van der Waals surface area (Å²) in [5.74, 6) is 0.713. The highest BCUT2D eigenvalue weighted by atomic mass is 32.2. The van der Waals surface area contributed by atoms with E-state index < -0.39 is 0 Å². The standard InChI is InChI=1S/C10H12O2S/c1-12-7-8-13-10(11)9-5-3-2-4-6-9/h2-6H,7-8H2,1H3. The smallest absolute Gasteiger partial charge is 0.219 e. The zero-order chi connectivity index (χ0) is 9.52. The van der Waals surface area contributed by atoms with Gasteiger partial charge in [-0.3, -0.25) is 4.79 Å². The van der Waals surface area contributed by atoms with Crippen LogP contribution in [0.2, 0.25) is 0 Å². The normalized spacial score (nSPS) is 9.92. The largest absolute Gasteiger partial charge is 0.384 e. The topological polar surface area (TPSA) is 26.3 Å². The molecular formula is C10H12O2S. The van der Waals surface area contributed by atoms with Crippen molar-refractivity contribution in [1.82, 2.24) is 0 Å². The van der Waals surface area contributed by atoms with Gasteiger partial charge < -0.3 is 4.74 Å². The first-order valence-corrected chi connectivity index (χ1v) is 5.04. The molecule has 1 aromatic rings. The van der Waals surface area contributed by atoms with Crippen LogP contribution in [-0.2, 0) is 4.74 Å². The quantitative estimate of drug-likeness (QED) is 0.691. The SMILES string of the molecule is COCCSC(=O)c1ccccc1. The van der Waals surface area contributed by atoms with Crippen LogP contribution < -0.4 is 0 Å². The molecule has 0 saturated carbocycles. The Labute approximate surface area is 82.3 Å². The third kappa shape index (κ3) is 3.61. The summed E-state index contributed by atoms with van der Waals surface area (Å²) in [4.78, 5) is 11.4. The van der Waals surface area contributed by atoms with E-state index in [-0.39, 0.29) is 5.12 Å². The van der Waals surface area contributed by atoms with Crippen molar-refractivity contribution in [2.45, 2.75) is 0 Å². The van der Waals surface area contributed by atoms with Crippen molar-refractivity contribution < 1.29 is 9.53 Å². The third-order valence-electron chi connectivity index (χ3n) is 1.53. The molecule has 0 aliphatic heterocycles. The number of rotatable bonds is 4. The minimum Gasteiger partial charge on any atom is -0.384 e. The molecule has 0 bridgehead atoms. The van der Waals surface area contributed by atoms with E-state index in [1.54, 1.807) is 7.11 Å². The summed E-state index contributed by atoms with van der Waals surface area (Å²) in [7, 11) is 1.63. The summed E-state index contributed by atoms with van der Waals surface area (Å²) in [5.41, 5.74) is 0.753. The number of carbonyl (C=O) groups is 1. The van der Waals surface area contributed by atoms with Gasteiger partial charge in [0.2, 0.25) is 5.12 Å². The first kappa shape index (κ1) is 10.3. The monoisotopic (exact) mass is 196 g/mol. The number of benzene rings is 1. The molecule has 2 nitrogen and oxygen atoms in total. The van der Waals surface area contributed by atoms with Crippen molar-refractivity contribution in [3.05, 3.63) is 35.9 Å². The number of hydrogen-bond donors (Lipinski definition) is 0. The maximum Gasteiger partial charge on any atom is 0.219 e. The molecule has 3 heteroatoms. The van der Waals surface area contributed by atoms with E-state index in [1.807, 2.05) is 30.3 Å². The van der Waals surface area contributed by atoms with Gasteiger partial charge in [-0.1, -0.05) is 42.1 Å². The fourth-order valence-corrected chi connectivity index (χ4v) is 1.61. The van der Waals surface area contributed by atoms with E-state index >= 15 is 0 Å². The minimum atomic E-state index is 0.109. The van der Waals surface area contributed by atoms with Crippen LogP contribution >= 0.6 is 11.8 Å². The zero-order valence-corrected chi connectivity index (χ0v) is 8.34. The Morgan fingerprint density at radius 3 is 2.69 bits per heavy atom. The molecule has 0 saturated heterocycles. The molecule has 0 unspecified atom stereocenters. The Balaban J connectivity index is 2.40. The lowest BCUT2D eigenvalue weighted by atomic mass is 10.2. The Hall–Kier alpha value is -0.800. The summed E-state index contributed by atoms with van der Waals surface area (Å²) >= 11 is 1.29. The van der Waals surface area contributed by atoms with Crippen LogP contribution in [0.25, 0.3) is 0 Å². The molecule has 0 atom stereocenters. The Kier molecular flexibility index (Phi) is 4.57. The minimum absolute atomic E-state index is 0.109. The summed E-state index contributed by atoms with van der Waals surface area (Å²) in [6.07, 6.45) is 0. The van der Waals surface area contributed by atoms with Gasteiger partial charge in [0.1, 0.15) is 0 Å². The molecule has 0 fully saturated rings. The van der Waals surface area contributed by atoms with Gasteiger partial charge >= 0.3 is 0 Å². The van der Waals surface area contributed by atoms with Crippen LogP contribution in [0.1, 0.15) is 10.4 Å². The lowest BCUT2D eigenvalue weighted by molar-refractivity contribution is 0.108. The van der Waals surface area contributed by atoms with Gasteiger partial charge in [-0.25, -0.2) is 0 Å². The van der Waals surface area contributed by atoms with Crippen molar-refractivity contribution in [3.63, 3.8) is 0 Å². The summed E-state index contributed by atoms with van der Waals surface area (Å²) < 4.78 is 4.86. The van der Waals surface area contributed by atoms with Crippen LogP contribution in [0.15, 0.2) is 30.3 Å². The van der Waals surface area contributed by atoms with E-state index in [2.05, 4.69) is 0 Å². The number of carbonyl (C=O) groups excluding carboxylic acids is 1. The number of thioether (sulfide) groups is 1. The summed E-state index contributed by atoms with van der Waals surface area (Å²) in [6.45, 7) is 0.614. The molecule has 0 aliphatic carbocycles. The van der Waals surface area contributed by atoms with E-state index in [0.717, 1.165) is 5.56 Å². The highest BCUT2D eigenvalue weighted by Crippen LogP contribution is 2.11. The second kappa shape index (κ2) is 5.78. The van der Waals surface area contributed by atoms with E-state index in [0.29, 0.717) is 12.4 Å². The van der Waals surface area contributed by atoms with Crippen molar-refractivity contribution in [1.29, 1.82) is 0 Å². The van der Waals surface area contributed by atoms with E-state index in [1.165, 1.54) is 11.8 Å². The van der Waals surface area contributed by atoms with Crippen molar-refractivity contribution in [3.8, 4) is 0 Å². The predicted octanol–water partition coefficient (Wildman–Crippen LogP) is 2.21. The number of ether oxygens (including phenoxy) is 1. The maximum atomic E-state index is 11.4. The Morgan fingerprint density at radius 1 is 1.38 bits per heavy atom. The van der Waals surface area contributed by atoms with Gasteiger partial charge in [0.05, 0.1) is 6.61 Å². The summed E-state index contributed by atoms with van der Waals surface area (Å²) in [6, 6.07) is 9.27. The fraction of sp³-hybridized carbons (Fsp3) is 0.300. The highest BCUT2D eigenvalue weighted by molar-refractivity contribution is 8.14.